The number of nitrogens with zero attached hydrogens (tertiary/aromatic N) is 4. The summed E-state index contributed by atoms with van der Waals surface area (Å²) in [7, 11) is 1.43. The van der Waals surface area contributed by atoms with Crippen LogP contribution < -0.4 is 9.47 Å². The minimum absolute atomic E-state index is 0.00699. The molecule has 0 unspecified atom stereocenters. The van der Waals surface area contributed by atoms with E-state index in [0.29, 0.717) is 44.7 Å². The summed E-state index contributed by atoms with van der Waals surface area (Å²) in [6, 6.07) is 12.2. The molecule has 0 atom stereocenters. The summed E-state index contributed by atoms with van der Waals surface area (Å²) in [5.41, 5.74) is 5.84. The Morgan fingerprint density at radius 3 is 2.40 bits per heavy atom. The third-order valence-corrected chi connectivity index (χ3v) is 6.73. The van der Waals surface area contributed by atoms with Gasteiger partial charge in [0.05, 0.1) is 18.3 Å². The van der Waals surface area contributed by atoms with Crippen LogP contribution in [0, 0.1) is 39.3 Å². The lowest BCUT2D eigenvalue weighted by atomic mass is 9.96. The molecular weight excluding hydrogens is 514 g/mol. The minimum Gasteiger partial charge on any atom is -0.494 e. The highest BCUT2D eigenvalue weighted by molar-refractivity contribution is 6.00. The molecule has 0 N–H and O–H groups in total. The van der Waals surface area contributed by atoms with Gasteiger partial charge in [0.25, 0.3) is 0 Å². The third-order valence-electron chi connectivity index (χ3n) is 6.73. The standard InChI is InChI=1S/C31H26F2N4O3/c1-16-13-24-29(35-18(16)3)27(10-11-34-24)40-26-9-6-20(14-23(26)33)15-25(38)30-31(39-5)28(19(4)36-37-30)22-8-7-21(32)12-17(22)2/h6-14H,15H2,1-5H3. The van der Waals surface area contributed by atoms with Crippen molar-refractivity contribution >= 4 is 16.8 Å². The molecule has 0 aliphatic carbocycles. The van der Waals surface area contributed by atoms with Crippen LogP contribution in [0.15, 0.2) is 54.7 Å². The highest BCUT2D eigenvalue weighted by Crippen LogP contribution is 2.37. The SMILES string of the molecule is COc1c(C(=O)Cc2ccc(Oc3ccnc4cc(C)c(C)nc34)c(F)c2)nnc(C)c1-c1ccc(F)cc1C. The molecule has 5 aromatic rings. The third kappa shape index (κ3) is 5.10. The van der Waals surface area contributed by atoms with Crippen LogP contribution in [0.25, 0.3) is 22.2 Å². The number of aromatic nitrogens is 4. The Morgan fingerprint density at radius 2 is 1.68 bits per heavy atom. The average molecular weight is 541 g/mol. The quantitative estimate of drug-likeness (QED) is 0.209. The predicted octanol–water partition coefficient (Wildman–Crippen LogP) is 6.82. The first-order chi connectivity index (χ1) is 19.2. The van der Waals surface area contributed by atoms with Crippen molar-refractivity contribution < 1.29 is 23.0 Å². The van der Waals surface area contributed by atoms with Gasteiger partial charge in [0, 0.05) is 29.9 Å². The Kier molecular flexibility index (Phi) is 7.21. The molecule has 7 nitrogen and oxygen atoms in total. The van der Waals surface area contributed by atoms with E-state index in [1.807, 2.05) is 19.9 Å². The molecule has 0 bridgehead atoms. The van der Waals surface area contributed by atoms with Gasteiger partial charge < -0.3 is 9.47 Å². The fourth-order valence-electron chi connectivity index (χ4n) is 4.55. The van der Waals surface area contributed by atoms with E-state index in [1.54, 1.807) is 38.2 Å². The van der Waals surface area contributed by atoms with Crippen molar-refractivity contribution in [2.24, 2.45) is 0 Å². The summed E-state index contributed by atoms with van der Waals surface area (Å²) in [5.74, 6) is -0.818. The zero-order valence-corrected chi connectivity index (χ0v) is 22.7. The van der Waals surface area contributed by atoms with Crippen molar-refractivity contribution in [1.82, 2.24) is 20.2 Å². The van der Waals surface area contributed by atoms with E-state index in [1.165, 1.54) is 31.4 Å². The molecule has 0 saturated carbocycles. The number of methoxy groups -OCH3 is 1. The average Bonchev–Trinajstić information content (AvgIpc) is 2.91. The van der Waals surface area contributed by atoms with Gasteiger partial charge in [0.2, 0.25) is 0 Å². The van der Waals surface area contributed by atoms with E-state index in [9.17, 15) is 9.18 Å². The van der Waals surface area contributed by atoms with E-state index in [2.05, 4.69) is 20.2 Å². The molecule has 9 heteroatoms. The Morgan fingerprint density at radius 1 is 0.875 bits per heavy atom. The Hall–Kier alpha value is -4.79. The van der Waals surface area contributed by atoms with Gasteiger partial charge >= 0.3 is 0 Å². The second-order valence-corrected chi connectivity index (χ2v) is 9.54. The Balaban J connectivity index is 1.43. The number of ether oxygens (including phenoxy) is 2. The maximum atomic E-state index is 15.1. The number of aryl methyl sites for hydroxylation is 4. The summed E-state index contributed by atoms with van der Waals surface area (Å²) in [6.07, 6.45) is 1.43. The van der Waals surface area contributed by atoms with E-state index in [-0.39, 0.29) is 29.4 Å². The minimum atomic E-state index is -0.635. The summed E-state index contributed by atoms with van der Waals surface area (Å²) >= 11 is 0. The summed E-state index contributed by atoms with van der Waals surface area (Å²) in [5, 5.41) is 8.24. The van der Waals surface area contributed by atoms with Crippen LogP contribution in [0.4, 0.5) is 8.78 Å². The van der Waals surface area contributed by atoms with Gasteiger partial charge in [0.15, 0.2) is 34.5 Å². The molecule has 3 heterocycles. The molecule has 0 amide bonds. The fourth-order valence-corrected chi connectivity index (χ4v) is 4.55. The second kappa shape index (κ2) is 10.8. The molecule has 0 radical (unpaired) electrons. The molecule has 40 heavy (non-hydrogen) atoms. The lowest BCUT2D eigenvalue weighted by Crippen LogP contribution is -2.12. The Bertz CT molecular complexity index is 1790. The molecule has 0 fully saturated rings. The summed E-state index contributed by atoms with van der Waals surface area (Å²) in [6.45, 7) is 7.33. The van der Waals surface area contributed by atoms with Crippen molar-refractivity contribution in [3.63, 3.8) is 0 Å². The smallest absolute Gasteiger partial charge is 0.191 e. The number of rotatable bonds is 7. The van der Waals surface area contributed by atoms with E-state index in [4.69, 9.17) is 9.47 Å². The van der Waals surface area contributed by atoms with Crippen LogP contribution in [0.1, 0.15) is 38.6 Å². The van der Waals surface area contributed by atoms with Crippen molar-refractivity contribution in [2.45, 2.75) is 34.1 Å². The molecule has 3 aromatic heterocycles. The fraction of sp³-hybridized carbons (Fsp3) is 0.194. The van der Waals surface area contributed by atoms with Crippen LogP contribution in [-0.2, 0) is 6.42 Å². The van der Waals surface area contributed by atoms with Gasteiger partial charge in [-0.1, -0.05) is 12.1 Å². The van der Waals surface area contributed by atoms with Gasteiger partial charge in [-0.2, -0.15) is 5.10 Å². The normalized spacial score (nSPS) is 11.1. The number of ketones is 1. The van der Waals surface area contributed by atoms with Crippen molar-refractivity contribution in [3.8, 4) is 28.4 Å². The lowest BCUT2D eigenvalue weighted by Gasteiger charge is -2.16. The molecular formula is C31H26F2N4O3. The van der Waals surface area contributed by atoms with Gasteiger partial charge in [-0.3, -0.25) is 9.78 Å². The molecule has 0 aliphatic heterocycles. The number of benzene rings is 2. The highest BCUT2D eigenvalue weighted by atomic mass is 19.1. The molecule has 202 valence electrons. The van der Waals surface area contributed by atoms with E-state index < -0.39 is 11.6 Å². The number of carbonyl (C=O) groups excluding carboxylic acids is 1. The lowest BCUT2D eigenvalue weighted by molar-refractivity contribution is 0.0984. The first-order valence-electron chi connectivity index (χ1n) is 12.6. The maximum Gasteiger partial charge on any atom is 0.191 e. The monoisotopic (exact) mass is 540 g/mol. The van der Waals surface area contributed by atoms with Gasteiger partial charge in [-0.15, -0.1) is 5.10 Å². The van der Waals surface area contributed by atoms with Gasteiger partial charge in [-0.25, -0.2) is 13.8 Å². The van der Waals surface area contributed by atoms with Gasteiger partial charge in [0.1, 0.15) is 11.3 Å². The molecule has 2 aromatic carbocycles. The number of hydrogen-bond donors (Lipinski definition) is 0. The first-order valence-corrected chi connectivity index (χ1v) is 12.6. The number of halogens is 2. The van der Waals surface area contributed by atoms with E-state index >= 15 is 4.39 Å². The summed E-state index contributed by atoms with van der Waals surface area (Å²) < 4.78 is 40.3. The predicted molar refractivity (Wildman–Crippen MR) is 147 cm³/mol. The number of hydrogen-bond acceptors (Lipinski definition) is 7. The van der Waals surface area contributed by atoms with Crippen LogP contribution in [0.3, 0.4) is 0 Å². The van der Waals surface area contributed by atoms with Crippen LogP contribution in [0.5, 0.6) is 17.2 Å². The van der Waals surface area contributed by atoms with Crippen molar-refractivity contribution in [2.75, 3.05) is 7.11 Å². The number of fused-ring (bicyclic) bond motifs is 1. The zero-order chi connectivity index (χ0) is 28.6. The summed E-state index contributed by atoms with van der Waals surface area (Å²) in [4.78, 5) is 22.2. The second-order valence-electron chi connectivity index (χ2n) is 9.54. The molecule has 0 spiro atoms. The molecule has 0 aliphatic rings. The van der Waals surface area contributed by atoms with Crippen molar-refractivity contribution in [1.29, 1.82) is 0 Å². The maximum absolute atomic E-state index is 15.1. The Labute approximate surface area is 229 Å². The van der Waals surface area contributed by atoms with Crippen LogP contribution in [-0.4, -0.2) is 33.1 Å². The largest absolute Gasteiger partial charge is 0.494 e. The van der Waals surface area contributed by atoms with Crippen LogP contribution in [0.2, 0.25) is 0 Å². The molecule has 5 rings (SSSR count). The number of carbonyl (C=O) groups is 1. The van der Waals surface area contributed by atoms with Crippen LogP contribution >= 0.6 is 0 Å². The number of pyridine rings is 2. The molecule has 0 saturated heterocycles. The highest BCUT2D eigenvalue weighted by Gasteiger charge is 2.23. The number of Topliss-reactive ketones (excluding diaryl/α,β-unsaturated/α-hetero) is 1. The van der Waals surface area contributed by atoms with Crippen molar-refractivity contribution in [3.05, 3.63) is 100 Å². The topological polar surface area (TPSA) is 87.1 Å². The van der Waals surface area contributed by atoms with E-state index in [0.717, 1.165) is 11.3 Å². The first kappa shape index (κ1) is 26.8. The zero-order valence-electron chi connectivity index (χ0n) is 22.7. The van der Waals surface area contributed by atoms with Gasteiger partial charge in [-0.05, 0) is 80.3 Å².